The van der Waals surface area contributed by atoms with E-state index in [0.717, 1.165) is 12.1 Å². The Labute approximate surface area is 117 Å². The van der Waals surface area contributed by atoms with Crippen LogP contribution in [0.5, 0.6) is 0 Å². The summed E-state index contributed by atoms with van der Waals surface area (Å²) in [6, 6.07) is 3.63. The van der Waals surface area contributed by atoms with Gasteiger partial charge in [0, 0.05) is 30.2 Å². The molecular weight excluding hydrogens is 325 g/mol. The molecule has 0 aromatic heterocycles. The summed E-state index contributed by atoms with van der Waals surface area (Å²) in [5.41, 5.74) is -0.339. The Hall–Kier alpha value is -1.24. The van der Waals surface area contributed by atoms with Gasteiger partial charge in [0.15, 0.2) is 0 Å². The molecule has 0 radical (unpaired) electrons. The van der Waals surface area contributed by atoms with Crippen molar-refractivity contribution in [2.45, 2.75) is 19.0 Å². The van der Waals surface area contributed by atoms with Gasteiger partial charge in [-0.1, -0.05) is 15.9 Å². The lowest BCUT2D eigenvalue weighted by molar-refractivity contribution is -0.137. The minimum absolute atomic E-state index is 0.0907. The van der Waals surface area contributed by atoms with Crippen molar-refractivity contribution in [1.29, 1.82) is 0 Å². The Kier molecular flexibility index (Phi) is 5.65. The van der Waals surface area contributed by atoms with Crippen LogP contribution in [0.4, 0.5) is 18.9 Å². The fourth-order valence-electron chi connectivity index (χ4n) is 1.46. The van der Waals surface area contributed by atoms with E-state index in [4.69, 9.17) is 0 Å². The number of anilines is 1. The Bertz CT molecular complexity index is 449. The van der Waals surface area contributed by atoms with Crippen molar-refractivity contribution < 1.29 is 18.0 Å². The molecule has 0 aliphatic rings. The summed E-state index contributed by atoms with van der Waals surface area (Å²) in [5.74, 6) is -0.0907. The zero-order valence-electron chi connectivity index (χ0n) is 10.3. The molecule has 3 nitrogen and oxygen atoms in total. The van der Waals surface area contributed by atoms with Crippen LogP contribution < -0.4 is 10.6 Å². The zero-order chi connectivity index (χ0) is 14.5. The van der Waals surface area contributed by atoms with E-state index in [9.17, 15) is 18.0 Å². The van der Waals surface area contributed by atoms with Gasteiger partial charge in [0.1, 0.15) is 0 Å². The molecule has 1 aromatic rings. The molecule has 0 atom stereocenters. The fourth-order valence-corrected chi connectivity index (χ4v) is 1.96. The fraction of sp³-hybridized carbons (Fsp3) is 0.417. The first kappa shape index (κ1) is 15.8. The van der Waals surface area contributed by atoms with E-state index in [1.54, 1.807) is 13.1 Å². The van der Waals surface area contributed by atoms with Crippen LogP contribution in [0.15, 0.2) is 22.7 Å². The third-order valence-corrected chi connectivity index (χ3v) is 2.87. The summed E-state index contributed by atoms with van der Waals surface area (Å²) in [4.78, 5) is 11.0. The number of carbonyl (C=O) groups excluding carboxylic acids is 1. The number of amides is 1. The first-order chi connectivity index (χ1) is 8.82. The summed E-state index contributed by atoms with van der Waals surface area (Å²) in [7, 11) is 1.54. The van der Waals surface area contributed by atoms with Crippen LogP contribution in [-0.4, -0.2) is 19.5 Å². The van der Waals surface area contributed by atoms with E-state index < -0.39 is 11.7 Å². The minimum atomic E-state index is -4.37. The predicted molar refractivity (Wildman–Crippen MR) is 70.9 cm³/mol. The third-order valence-electron chi connectivity index (χ3n) is 2.41. The van der Waals surface area contributed by atoms with Crippen LogP contribution in [0.1, 0.15) is 18.4 Å². The monoisotopic (exact) mass is 338 g/mol. The summed E-state index contributed by atoms with van der Waals surface area (Å²) in [6.07, 6.45) is -3.49. The first-order valence-electron chi connectivity index (χ1n) is 5.65. The smallest absolute Gasteiger partial charge is 0.385 e. The Morgan fingerprint density at radius 1 is 1.32 bits per heavy atom. The second-order valence-electron chi connectivity index (χ2n) is 3.93. The largest absolute Gasteiger partial charge is 0.416 e. The normalized spacial score (nSPS) is 11.2. The highest BCUT2D eigenvalue weighted by molar-refractivity contribution is 9.10. The maximum absolute atomic E-state index is 12.6. The molecule has 1 amide bonds. The highest BCUT2D eigenvalue weighted by Gasteiger charge is 2.31. The van der Waals surface area contributed by atoms with Crippen molar-refractivity contribution in [3.8, 4) is 0 Å². The summed E-state index contributed by atoms with van der Waals surface area (Å²) in [5, 5.41) is 5.35. The second-order valence-corrected chi connectivity index (χ2v) is 4.85. The zero-order valence-corrected chi connectivity index (χ0v) is 11.9. The van der Waals surface area contributed by atoms with Gasteiger partial charge in [-0.25, -0.2) is 0 Å². The van der Waals surface area contributed by atoms with Crippen LogP contribution in [0.2, 0.25) is 0 Å². The quantitative estimate of drug-likeness (QED) is 0.808. The maximum Gasteiger partial charge on any atom is 0.416 e. The van der Waals surface area contributed by atoms with Crippen molar-refractivity contribution in [2.24, 2.45) is 0 Å². The van der Waals surface area contributed by atoms with E-state index in [2.05, 4.69) is 26.6 Å². The van der Waals surface area contributed by atoms with Crippen molar-refractivity contribution in [3.63, 3.8) is 0 Å². The Morgan fingerprint density at radius 2 is 2.00 bits per heavy atom. The molecule has 0 unspecified atom stereocenters. The molecule has 0 saturated carbocycles. The van der Waals surface area contributed by atoms with Gasteiger partial charge in [-0.3, -0.25) is 4.79 Å². The summed E-state index contributed by atoms with van der Waals surface area (Å²) in [6.45, 7) is 0.432. The molecular formula is C12H14BrF3N2O. The molecule has 1 aromatic carbocycles. The highest BCUT2D eigenvalue weighted by atomic mass is 79.9. The number of rotatable bonds is 5. The van der Waals surface area contributed by atoms with Gasteiger partial charge >= 0.3 is 6.18 Å². The minimum Gasteiger partial charge on any atom is -0.385 e. The van der Waals surface area contributed by atoms with E-state index >= 15 is 0 Å². The summed E-state index contributed by atoms with van der Waals surface area (Å²) >= 11 is 3.04. The van der Waals surface area contributed by atoms with Gasteiger partial charge in [0.05, 0.1) is 5.56 Å². The molecule has 0 heterocycles. The van der Waals surface area contributed by atoms with Crippen LogP contribution in [-0.2, 0) is 11.0 Å². The van der Waals surface area contributed by atoms with Gasteiger partial charge < -0.3 is 10.6 Å². The van der Waals surface area contributed by atoms with E-state index in [1.165, 1.54) is 0 Å². The van der Waals surface area contributed by atoms with Crippen molar-refractivity contribution >= 4 is 27.5 Å². The third kappa shape index (κ3) is 5.50. The number of benzene rings is 1. The van der Waals surface area contributed by atoms with Gasteiger partial charge in [-0.2, -0.15) is 13.2 Å². The molecule has 1 rings (SSSR count). The van der Waals surface area contributed by atoms with E-state index in [1.807, 2.05) is 0 Å². The predicted octanol–water partition coefficient (Wildman–Crippen LogP) is 3.41. The lowest BCUT2D eigenvalue weighted by atomic mass is 10.2. The van der Waals surface area contributed by atoms with Gasteiger partial charge in [0.2, 0.25) is 5.91 Å². The lowest BCUT2D eigenvalue weighted by Crippen LogP contribution is -2.18. The summed E-state index contributed by atoms with van der Waals surface area (Å²) < 4.78 is 38.1. The lowest BCUT2D eigenvalue weighted by Gasteiger charge is -2.11. The SMILES string of the molecule is CNC(=O)CCCNc1cc(Br)cc(C(F)(F)F)c1. The van der Waals surface area contributed by atoms with Gasteiger partial charge in [-0.05, 0) is 24.6 Å². The molecule has 0 aliphatic heterocycles. The second kappa shape index (κ2) is 6.79. The van der Waals surface area contributed by atoms with Crippen molar-refractivity contribution in [2.75, 3.05) is 18.9 Å². The van der Waals surface area contributed by atoms with Crippen molar-refractivity contribution in [3.05, 3.63) is 28.2 Å². The van der Waals surface area contributed by atoms with Crippen LogP contribution in [0.3, 0.4) is 0 Å². The topological polar surface area (TPSA) is 41.1 Å². The standard InChI is InChI=1S/C12H14BrF3N2O/c1-17-11(19)3-2-4-18-10-6-8(12(14,15)16)5-9(13)7-10/h5-7,18H,2-4H2,1H3,(H,17,19). The molecule has 0 bridgehead atoms. The number of alkyl halides is 3. The van der Waals surface area contributed by atoms with Crippen LogP contribution >= 0.6 is 15.9 Å². The number of carbonyl (C=O) groups is 1. The molecule has 2 N–H and O–H groups in total. The number of halogens is 4. The first-order valence-corrected chi connectivity index (χ1v) is 6.44. The number of hydrogen-bond donors (Lipinski definition) is 2. The average molecular weight is 339 g/mol. The maximum atomic E-state index is 12.6. The molecule has 0 spiro atoms. The van der Waals surface area contributed by atoms with Crippen LogP contribution in [0, 0.1) is 0 Å². The van der Waals surface area contributed by atoms with Crippen LogP contribution in [0.25, 0.3) is 0 Å². The molecule has 0 fully saturated rings. The Balaban J connectivity index is 2.59. The van der Waals surface area contributed by atoms with E-state index in [-0.39, 0.29) is 5.91 Å². The highest BCUT2D eigenvalue weighted by Crippen LogP contribution is 2.33. The number of nitrogens with one attached hydrogen (secondary N) is 2. The number of hydrogen-bond acceptors (Lipinski definition) is 2. The average Bonchev–Trinajstić information content (AvgIpc) is 2.32. The molecule has 19 heavy (non-hydrogen) atoms. The Morgan fingerprint density at radius 3 is 2.58 bits per heavy atom. The van der Waals surface area contributed by atoms with E-state index in [0.29, 0.717) is 29.5 Å². The molecule has 0 saturated heterocycles. The van der Waals surface area contributed by atoms with Gasteiger partial charge in [-0.15, -0.1) is 0 Å². The molecule has 7 heteroatoms. The molecule has 106 valence electrons. The van der Waals surface area contributed by atoms with Gasteiger partial charge in [0.25, 0.3) is 0 Å². The van der Waals surface area contributed by atoms with Crippen molar-refractivity contribution in [1.82, 2.24) is 5.32 Å². The molecule has 0 aliphatic carbocycles.